The van der Waals surface area contributed by atoms with E-state index in [1.165, 1.54) is 70.5 Å². The summed E-state index contributed by atoms with van der Waals surface area (Å²) in [4.78, 5) is 4.59. The number of rotatable bonds is 2. The van der Waals surface area contributed by atoms with Gasteiger partial charge in [-0.15, -0.1) is 11.3 Å². The number of hydrogen-bond acceptors (Lipinski definition) is 2. The molecule has 9 aromatic rings. The molecule has 0 fully saturated rings. The van der Waals surface area contributed by atoms with Gasteiger partial charge in [-0.05, 0) is 65.4 Å². The van der Waals surface area contributed by atoms with Crippen molar-refractivity contribution >= 4 is 75.9 Å². The lowest BCUT2D eigenvalue weighted by Crippen LogP contribution is -1.94. The highest BCUT2D eigenvalue weighted by Crippen LogP contribution is 2.41. The lowest BCUT2D eigenvalue weighted by Gasteiger charge is -2.10. The lowest BCUT2D eigenvalue weighted by atomic mass is 10.0. The van der Waals surface area contributed by atoms with Gasteiger partial charge in [0.2, 0.25) is 0 Å². The van der Waals surface area contributed by atoms with Crippen LogP contribution in [0.1, 0.15) is 0 Å². The minimum Gasteiger partial charge on any atom is -0.309 e. The van der Waals surface area contributed by atoms with E-state index in [1.807, 2.05) is 5.51 Å². The monoisotopic (exact) mass is 515 g/mol. The fraction of sp³-hybridized carbons (Fsp3) is 0. The van der Waals surface area contributed by atoms with Crippen molar-refractivity contribution in [3.05, 3.63) is 127 Å². The van der Waals surface area contributed by atoms with Gasteiger partial charge < -0.3 is 9.13 Å². The molecule has 3 aromatic heterocycles. The third kappa shape index (κ3) is 2.84. The summed E-state index contributed by atoms with van der Waals surface area (Å²) in [6.45, 7) is 0. The third-order valence-corrected chi connectivity index (χ3v) is 8.90. The molecule has 0 aliphatic carbocycles. The van der Waals surface area contributed by atoms with Gasteiger partial charge in [-0.25, -0.2) is 4.98 Å². The van der Waals surface area contributed by atoms with Crippen molar-refractivity contribution < 1.29 is 0 Å². The fourth-order valence-electron chi connectivity index (χ4n) is 6.42. The number of para-hydroxylation sites is 3. The molecule has 0 aliphatic heterocycles. The van der Waals surface area contributed by atoms with Crippen molar-refractivity contribution in [3.8, 4) is 11.4 Å². The standard InChI is InChI=1S/C35H21N3S/c1-2-9-23(10-3-1)37-30-15-7-5-12-25(30)34-26-20-27-24-11-4-6-14-29(24)38(33(27)19-22(26)17-18-31(34)37)32-16-8-13-28-35(32)39-21-36-28/h1-21H. The Balaban J connectivity index is 1.46. The smallest absolute Gasteiger partial charge is 0.0833 e. The van der Waals surface area contributed by atoms with Crippen molar-refractivity contribution in [1.82, 2.24) is 14.1 Å². The molecule has 0 saturated heterocycles. The molecular formula is C35H21N3S. The predicted octanol–water partition coefficient (Wildman–Crippen LogP) is 9.64. The van der Waals surface area contributed by atoms with Gasteiger partial charge in [0.15, 0.2) is 0 Å². The van der Waals surface area contributed by atoms with Crippen LogP contribution in [0.3, 0.4) is 0 Å². The van der Waals surface area contributed by atoms with Gasteiger partial charge >= 0.3 is 0 Å². The molecule has 182 valence electrons. The minimum atomic E-state index is 1.04. The predicted molar refractivity (Wildman–Crippen MR) is 166 cm³/mol. The normalized spacial score (nSPS) is 12.1. The zero-order chi connectivity index (χ0) is 25.5. The molecule has 3 heterocycles. The molecule has 39 heavy (non-hydrogen) atoms. The van der Waals surface area contributed by atoms with Gasteiger partial charge in [0.05, 0.1) is 43.5 Å². The highest BCUT2D eigenvalue weighted by molar-refractivity contribution is 7.17. The second-order valence-electron chi connectivity index (χ2n) is 10.1. The number of nitrogens with zero attached hydrogens (tertiary/aromatic N) is 3. The van der Waals surface area contributed by atoms with Crippen LogP contribution in [0.25, 0.3) is 76.0 Å². The average Bonchev–Trinajstić information content (AvgIpc) is 3.69. The molecule has 3 nitrogen and oxygen atoms in total. The molecule has 0 spiro atoms. The first-order valence-corrected chi connectivity index (χ1v) is 14.0. The van der Waals surface area contributed by atoms with E-state index in [2.05, 4.69) is 135 Å². The van der Waals surface area contributed by atoms with E-state index >= 15 is 0 Å². The summed E-state index contributed by atoms with van der Waals surface area (Å²) in [6, 6.07) is 44.0. The van der Waals surface area contributed by atoms with Gasteiger partial charge in [0.1, 0.15) is 0 Å². The fourth-order valence-corrected chi connectivity index (χ4v) is 7.21. The van der Waals surface area contributed by atoms with E-state index in [4.69, 9.17) is 0 Å². The van der Waals surface area contributed by atoms with Crippen molar-refractivity contribution in [2.24, 2.45) is 0 Å². The SMILES string of the molecule is c1ccc(-n2c3ccccc3c3c4cc5c6ccccc6n(-c6cccc7ncsc67)c5cc4ccc32)cc1. The Hall–Kier alpha value is -4.93. The number of thiazole rings is 1. The van der Waals surface area contributed by atoms with Crippen molar-refractivity contribution in [2.75, 3.05) is 0 Å². The van der Waals surface area contributed by atoms with Crippen LogP contribution in [-0.4, -0.2) is 14.1 Å². The van der Waals surface area contributed by atoms with E-state index in [0.717, 1.165) is 5.52 Å². The molecule has 0 saturated carbocycles. The van der Waals surface area contributed by atoms with Gasteiger partial charge in [0.25, 0.3) is 0 Å². The first-order chi connectivity index (χ1) is 19.4. The van der Waals surface area contributed by atoms with Crippen LogP contribution in [-0.2, 0) is 0 Å². The zero-order valence-corrected chi connectivity index (χ0v) is 21.7. The first-order valence-electron chi connectivity index (χ1n) is 13.1. The van der Waals surface area contributed by atoms with Crippen LogP contribution in [0.5, 0.6) is 0 Å². The molecule has 0 aliphatic rings. The maximum absolute atomic E-state index is 4.59. The maximum atomic E-state index is 4.59. The van der Waals surface area contributed by atoms with E-state index in [0.29, 0.717) is 0 Å². The summed E-state index contributed by atoms with van der Waals surface area (Å²) in [5.74, 6) is 0. The number of benzene rings is 6. The summed E-state index contributed by atoms with van der Waals surface area (Å²) in [5.41, 5.74) is 10.2. The Kier molecular flexibility index (Phi) is 4.21. The van der Waals surface area contributed by atoms with E-state index in [9.17, 15) is 0 Å². The Morgan fingerprint density at radius 2 is 1.28 bits per heavy atom. The Morgan fingerprint density at radius 1 is 0.513 bits per heavy atom. The van der Waals surface area contributed by atoms with Crippen molar-refractivity contribution in [3.63, 3.8) is 0 Å². The highest BCUT2D eigenvalue weighted by Gasteiger charge is 2.19. The molecule has 0 bridgehead atoms. The van der Waals surface area contributed by atoms with Crippen LogP contribution in [0, 0.1) is 0 Å². The van der Waals surface area contributed by atoms with Crippen LogP contribution >= 0.6 is 11.3 Å². The zero-order valence-electron chi connectivity index (χ0n) is 20.9. The topological polar surface area (TPSA) is 22.8 Å². The Labute approximate surface area is 227 Å². The number of fused-ring (bicyclic) bond motifs is 9. The van der Waals surface area contributed by atoms with E-state index in [1.54, 1.807) is 11.3 Å². The van der Waals surface area contributed by atoms with Gasteiger partial charge in [-0.2, -0.15) is 0 Å². The molecular weight excluding hydrogens is 494 g/mol. The second kappa shape index (κ2) is 7.79. The van der Waals surface area contributed by atoms with Crippen LogP contribution in [0.15, 0.2) is 127 Å². The summed E-state index contributed by atoms with van der Waals surface area (Å²) in [6.07, 6.45) is 0. The maximum Gasteiger partial charge on any atom is 0.0833 e. The average molecular weight is 516 g/mol. The molecule has 0 N–H and O–H groups in total. The minimum absolute atomic E-state index is 1.04. The highest BCUT2D eigenvalue weighted by atomic mass is 32.1. The van der Waals surface area contributed by atoms with Gasteiger partial charge in [-0.1, -0.05) is 66.7 Å². The molecule has 6 aromatic carbocycles. The summed E-state index contributed by atoms with van der Waals surface area (Å²) < 4.78 is 6.02. The van der Waals surface area contributed by atoms with E-state index < -0.39 is 0 Å². The number of hydrogen-bond donors (Lipinski definition) is 0. The van der Waals surface area contributed by atoms with Crippen LogP contribution in [0.4, 0.5) is 0 Å². The summed E-state index contributed by atoms with van der Waals surface area (Å²) in [5, 5.41) is 7.63. The number of aromatic nitrogens is 3. The molecule has 0 unspecified atom stereocenters. The van der Waals surface area contributed by atoms with Crippen LogP contribution in [0.2, 0.25) is 0 Å². The molecule has 4 heteroatoms. The van der Waals surface area contributed by atoms with E-state index in [-0.39, 0.29) is 0 Å². The largest absolute Gasteiger partial charge is 0.309 e. The second-order valence-corrected chi connectivity index (χ2v) is 10.9. The van der Waals surface area contributed by atoms with Gasteiger partial charge in [0, 0.05) is 27.2 Å². The summed E-state index contributed by atoms with van der Waals surface area (Å²) >= 11 is 1.70. The van der Waals surface area contributed by atoms with Crippen LogP contribution < -0.4 is 0 Å². The Bertz CT molecular complexity index is 2390. The summed E-state index contributed by atoms with van der Waals surface area (Å²) in [7, 11) is 0. The lowest BCUT2D eigenvalue weighted by molar-refractivity contribution is 1.18. The Morgan fingerprint density at radius 3 is 2.15 bits per heavy atom. The van der Waals surface area contributed by atoms with Gasteiger partial charge in [-0.3, -0.25) is 0 Å². The van der Waals surface area contributed by atoms with Crippen molar-refractivity contribution in [1.29, 1.82) is 0 Å². The molecule has 0 atom stereocenters. The first kappa shape index (κ1) is 21.1. The molecule has 0 amide bonds. The quantitative estimate of drug-likeness (QED) is 0.225. The molecule has 0 radical (unpaired) electrons. The molecule has 9 rings (SSSR count). The third-order valence-electron chi connectivity index (χ3n) is 8.04. The van der Waals surface area contributed by atoms with Crippen molar-refractivity contribution in [2.45, 2.75) is 0 Å².